The van der Waals surface area contributed by atoms with E-state index in [0.29, 0.717) is 0 Å². The summed E-state index contributed by atoms with van der Waals surface area (Å²) in [5.74, 6) is 0. The molecule has 2 aliphatic rings. The van der Waals surface area contributed by atoms with Crippen LogP contribution in [0.25, 0.3) is 10.9 Å². The number of fused-ring (bicyclic) bond motifs is 4. The highest BCUT2D eigenvalue weighted by atomic mass is 14.7. The van der Waals surface area contributed by atoms with Gasteiger partial charge in [-0.05, 0) is 68.1 Å². The van der Waals surface area contributed by atoms with E-state index in [1.165, 1.54) is 78.2 Å². The highest BCUT2D eigenvalue weighted by molar-refractivity contribution is 5.95. The van der Waals surface area contributed by atoms with Gasteiger partial charge in [0.15, 0.2) is 0 Å². The molecule has 0 saturated carbocycles. The Kier molecular flexibility index (Phi) is 2.90. The van der Waals surface area contributed by atoms with E-state index in [1.54, 1.807) is 0 Å². The number of nitrogens with zero attached hydrogens (tertiary/aromatic N) is 1. The second-order valence-corrected chi connectivity index (χ2v) is 6.32. The molecular weight excluding hydrogens is 244 g/mol. The molecule has 0 spiro atoms. The molecule has 0 radical (unpaired) electrons. The first kappa shape index (κ1) is 12.2. The molecular formula is C18H22N2. The van der Waals surface area contributed by atoms with Crippen LogP contribution >= 0.6 is 0 Å². The van der Waals surface area contributed by atoms with E-state index in [2.05, 4.69) is 12.1 Å². The van der Waals surface area contributed by atoms with Gasteiger partial charge in [0.1, 0.15) is 0 Å². The summed E-state index contributed by atoms with van der Waals surface area (Å²) < 4.78 is 0. The van der Waals surface area contributed by atoms with Gasteiger partial charge >= 0.3 is 0 Å². The first-order valence-electron chi connectivity index (χ1n) is 8.06. The molecule has 4 rings (SSSR count). The summed E-state index contributed by atoms with van der Waals surface area (Å²) in [6, 6.07) is 4.50. The van der Waals surface area contributed by atoms with Gasteiger partial charge in [-0.3, -0.25) is 4.98 Å². The van der Waals surface area contributed by atoms with E-state index in [4.69, 9.17) is 10.7 Å². The normalized spacial score (nSPS) is 18.4. The number of hydrogen-bond acceptors (Lipinski definition) is 2. The van der Waals surface area contributed by atoms with E-state index in [9.17, 15) is 0 Å². The van der Waals surface area contributed by atoms with Crippen LogP contribution in [0.4, 0.5) is 5.69 Å². The summed E-state index contributed by atoms with van der Waals surface area (Å²) in [5, 5.41) is 1.20. The van der Waals surface area contributed by atoms with Crippen molar-refractivity contribution in [2.24, 2.45) is 0 Å². The SMILES string of the molecule is Nc1c2c(nc3c4c(ccc13)CCCC4)CCCCC2. The summed E-state index contributed by atoms with van der Waals surface area (Å²) in [7, 11) is 0. The Morgan fingerprint density at radius 3 is 2.50 bits per heavy atom. The second-order valence-electron chi connectivity index (χ2n) is 6.32. The third kappa shape index (κ3) is 1.81. The van der Waals surface area contributed by atoms with Crippen LogP contribution < -0.4 is 5.73 Å². The third-order valence-corrected chi connectivity index (χ3v) is 5.05. The fourth-order valence-corrected chi connectivity index (χ4v) is 3.93. The van der Waals surface area contributed by atoms with Crippen molar-refractivity contribution in [2.45, 2.75) is 57.8 Å². The van der Waals surface area contributed by atoms with Crippen molar-refractivity contribution in [3.8, 4) is 0 Å². The van der Waals surface area contributed by atoms with Gasteiger partial charge < -0.3 is 5.73 Å². The predicted octanol–water partition coefficient (Wildman–Crippen LogP) is 3.96. The van der Waals surface area contributed by atoms with E-state index >= 15 is 0 Å². The fourth-order valence-electron chi connectivity index (χ4n) is 3.93. The maximum atomic E-state index is 6.50. The maximum absolute atomic E-state index is 6.50. The zero-order chi connectivity index (χ0) is 13.5. The van der Waals surface area contributed by atoms with Crippen LogP contribution in [0, 0.1) is 0 Å². The van der Waals surface area contributed by atoms with Crippen LogP contribution in [0.5, 0.6) is 0 Å². The van der Waals surface area contributed by atoms with Crippen molar-refractivity contribution in [1.29, 1.82) is 0 Å². The van der Waals surface area contributed by atoms with Crippen molar-refractivity contribution < 1.29 is 0 Å². The lowest BCUT2D eigenvalue weighted by Gasteiger charge is -2.20. The van der Waals surface area contributed by atoms with Crippen LogP contribution in [0.3, 0.4) is 0 Å². The average molecular weight is 266 g/mol. The summed E-state index contributed by atoms with van der Waals surface area (Å²) in [5.41, 5.74) is 14.3. The van der Waals surface area contributed by atoms with Crippen LogP contribution in [0.1, 0.15) is 54.5 Å². The first-order chi connectivity index (χ1) is 9.84. The number of hydrogen-bond donors (Lipinski definition) is 1. The number of nitrogens with two attached hydrogens (primary N) is 1. The van der Waals surface area contributed by atoms with Crippen molar-refractivity contribution in [3.05, 3.63) is 34.5 Å². The molecule has 2 N–H and O–H groups in total. The molecule has 2 nitrogen and oxygen atoms in total. The number of rotatable bonds is 0. The molecule has 20 heavy (non-hydrogen) atoms. The number of benzene rings is 1. The Bertz CT molecular complexity index is 673. The van der Waals surface area contributed by atoms with Crippen LogP contribution in [-0.4, -0.2) is 4.98 Å². The number of pyridine rings is 1. The van der Waals surface area contributed by atoms with Gasteiger partial charge in [-0.1, -0.05) is 18.6 Å². The minimum absolute atomic E-state index is 1.01. The Morgan fingerprint density at radius 2 is 1.55 bits per heavy atom. The first-order valence-corrected chi connectivity index (χ1v) is 8.06. The van der Waals surface area contributed by atoms with E-state index in [0.717, 1.165) is 18.5 Å². The molecule has 0 unspecified atom stereocenters. The quantitative estimate of drug-likeness (QED) is 0.733. The Labute approximate surface area is 120 Å². The topological polar surface area (TPSA) is 38.9 Å². The third-order valence-electron chi connectivity index (χ3n) is 5.05. The lowest BCUT2D eigenvalue weighted by molar-refractivity contribution is 0.688. The lowest BCUT2D eigenvalue weighted by atomic mass is 9.88. The molecule has 0 amide bonds. The minimum Gasteiger partial charge on any atom is -0.398 e. The van der Waals surface area contributed by atoms with Gasteiger partial charge in [-0.15, -0.1) is 0 Å². The standard InChI is InChI=1S/C18H22N2/c19-17-14-8-2-1-3-9-16(14)20-18-13-7-5-4-6-12(13)10-11-15(17)18/h10-11H,1-9H2,(H2,19,20). The van der Waals surface area contributed by atoms with Crippen molar-refractivity contribution in [1.82, 2.24) is 4.98 Å². The van der Waals surface area contributed by atoms with Crippen LogP contribution in [0.15, 0.2) is 12.1 Å². The van der Waals surface area contributed by atoms with Gasteiger partial charge in [-0.25, -0.2) is 0 Å². The zero-order valence-corrected chi connectivity index (χ0v) is 12.0. The average Bonchev–Trinajstić information content (AvgIpc) is 2.73. The van der Waals surface area contributed by atoms with Crippen molar-refractivity contribution in [3.63, 3.8) is 0 Å². The maximum Gasteiger partial charge on any atom is 0.0760 e. The number of anilines is 1. The summed E-state index contributed by atoms with van der Waals surface area (Å²) in [4.78, 5) is 5.07. The van der Waals surface area contributed by atoms with Crippen LogP contribution in [0.2, 0.25) is 0 Å². The Morgan fingerprint density at radius 1 is 0.800 bits per heavy atom. The minimum atomic E-state index is 1.01. The fraction of sp³-hybridized carbons (Fsp3) is 0.500. The molecule has 0 aliphatic heterocycles. The summed E-state index contributed by atoms with van der Waals surface area (Å²) in [6.07, 6.45) is 11.1. The molecule has 1 aromatic carbocycles. The molecule has 0 fully saturated rings. The summed E-state index contributed by atoms with van der Waals surface area (Å²) in [6.45, 7) is 0. The molecule has 2 heteroatoms. The largest absolute Gasteiger partial charge is 0.398 e. The number of nitrogen functional groups attached to an aromatic ring is 1. The second kappa shape index (κ2) is 4.76. The summed E-state index contributed by atoms with van der Waals surface area (Å²) >= 11 is 0. The van der Waals surface area contributed by atoms with Gasteiger partial charge in [-0.2, -0.15) is 0 Å². The van der Waals surface area contributed by atoms with E-state index in [-0.39, 0.29) is 0 Å². The highest BCUT2D eigenvalue weighted by Gasteiger charge is 2.19. The molecule has 2 aromatic rings. The molecule has 1 heterocycles. The van der Waals surface area contributed by atoms with E-state index < -0.39 is 0 Å². The molecule has 2 aliphatic carbocycles. The number of aryl methyl sites for hydroxylation is 3. The molecule has 1 aromatic heterocycles. The smallest absolute Gasteiger partial charge is 0.0760 e. The molecule has 0 bridgehead atoms. The van der Waals surface area contributed by atoms with Gasteiger partial charge in [0.25, 0.3) is 0 Å². The monoisotopic (exact) mass is 266 g/mol. The number of aromatic nitrogens is 1. The van der Waals surface area contributed by atoms with Gasteiger partial charge in [0.05, 0.1) is 5.52 Å². The van der Waals surface area contributed by atoms with Crippen molar-refractivity contribution >= 4 is 16.6 Å². The Balaban J connectivity index is 2.00. The Hall–Kier alpha value is -1.57. The zero-order valence-electron chi connectivity index (χ0n) is 12.0. The molecule has 104 valence electrons. The lowest BCUT2D eigenvalue weighted by Crippen LogP contribution is -2.08. The highest BCUT2D eigenvalue weighted by Crippen LogP contribution is 2.35. The van der Waals surface area contributed by atoms with Crippen LogP contribution in [-0.2, 0) is 25.7 Å². The van der Waals surface area contributed by atoms with Gasteiger partial charge in [0.2, 0.25) is 0 Å². The molecule has 0 saturated heterocycles. The predicted molar refractivity (Wildman–Crippen MR) is 84.1 cm³/mol. The van der Waals surface area contributed by atoms with E-state index in [1.807, 2.05) is 0 Å². The van der Waals surface area contributed by atoms with Gasteiger partial charge in [0, 0.05) is 16.8 Å². The van der Waals surface area contributed by atoms with Crippen molar-refractivity contribution in [2.75, 3.05) is 5.73 Å². The molecule has 0 atom stereocenters.